The van der Waals surface area contributed by atoms with Crippen LogP contribution >= 0.6 is 0 Å². The van der Waals surface area contributed by atoms with Crippen molar-refractivity contribution in [2.24, 2.45) is 0 Å². The molecule has 194 valence electrons. The number of ether oxygens (including phenoxy) is 3. The van der Waals surface area contributed by atoms with Gasteiger partial charge in [0, 0.05) is 12.1 Å². The second-order valence-electron chi connectivity index (χ2n) is 7.17. The minimum absolute atomic E-state index is 0.202. The molecule has 0 fully saturated rings. The number of hydrogen-bond donors (Lipinski definition) is 2. The van der Waals surface area contributed by atoms with Crippen LogP contribution in [0, 0.1) is 11.6 Å². The number of hydrogen-bond acceptors (Lipinski definition) is 7. The topological polar surface area (TPSA) is 120 Å². The minimum Gasteiger partial charge on any atom is -0.495 e. The molecule has 3 aromatic rings. The second kappa shape index (κ2) is 11.0. The maximum absolute atomic E-state index is 14.3. The van der Waals surface area contributed by atoms with Gasteiger partial charge in [-0.2, -0.15) is 0 Å². The van der Waals surface area contributed by atoms with E-state index in [0.717, 1.165) is 42.5 Å². The fraction of sp³-hybridized carbons (Fsp3) is 0.217. The molecule has 3 rings (SSSR count). The van der Waals surface area contributed by atoms with E-state index in [0.29, 0.717) is 0 Å². The summed E-state index contributed by atoms with van der Waals surface area (Å²) in [5.41, 5.74) is -0.807. The van der Waals surface area contributed by atoms with Crippen molar-refractivity contribution in [1.82, 2.24) is 0 Å². The molecule has 2 N–H and O–H groups in total. The lowest BCUT2D eigenvalue weighted by Crippen LogP contribution is -2.18. The highest BCUT2D eigenvalue weighted by Gasteiger charge is 2.26. The summed E-state index contributed by atoms with van der Waals surface area (Å²) in [6.07, 6.45) is 0. The number of anilines is 2. The van der Waals surface area contributed by atoms with E-state index in [1.165, 1.54) is 19.2 Å². The zero-order chi connectivity index (χ0) is 26.5. The van der Waals surface area contributed by atoms with Gasteiger partial charge in [-0.05, 0) is 56.3 Å². The molecule has 0 aromatic heterocycles. The lowest BCUT2D eigenvalue weighted by atomic mass is 10.3. The van der Waals surface area contributed by atoms with Crippen molar-refractivity contribution < 1.29 is 39.8 Å². The van der Waals surface area contributed by atoms with Crippen molar-refractivity contribution in [3.05, 3.63) is 66.2 Å². The number of halogens is 2. The summed E-state index contributed by atoms with van der Waals surface area (Å²) in [6.45, 7) is 3.96. The molecule has 0 spiro atoms. The van der Waals surface area contributed by atoms with Crippen LogP contribution in [0.1, 0.15) is 13.8 Å². The molecule has 13 heteroatoms. The summed E-state index contributed by atoms with van der Waals surface area (Å²) in [6, 6.07) is 10.0. The van der Waals surface area contributed by atoms with Gasteiger partial charge in [-0.3, -0.25) is 9.44 Å². The first kappa shape index (κ1) is 27.0. The largest absolute Gasteiger partial charge is 0.495 e. The predicted octanol–water partition coefficient (Wildman–Crippen LogP) is 4.37. The maximum Gasteiger partial charge on any atom is 0.265 e. The zero-order valence-electron chi connectivity index (χ0n) is 19.5. The molecular weight excluding hydrogens is 518 g/mol. The molecule has 0 atom stereocenters. The lowest BCUT2D eigenvalue weighted by Gasteiger charge is -2.15. The van der Waals surface area contributed by atoms with Crippen molar-refractivity contribution in [2.45, 2.75) is 23.6 Å². The fourth-order valence-corrected chi connectivity index (χ4v) is 5.53. The molecule has 0 amide bonds. The standard InChI is InChI=1S/C23H24F2N2O7S2/c1-4-33-15-6-9-18(24)20(12-15)26-35(28,29)17-8-11-22(32-3)23(14-17)36(30,31)27-21-13-16(34-5-2)7-10-19(21)25/h6-14,26-27H,4-5H2,1-3H3. The van der Waals surface area contributed by atoms with Crippen LogP contribution in [0.15, 0.2) is 64.4 Å². The first-order valence-corrected chi connectivity index (χ1v) is 13.6. The van der Waals surface area contributed by atoms with Crippen molar-refractivity contribution >= 4 is 31.4 Å². The van der Waals surface area contributed by atoms with Crippen LogP contribution in [-0.4, -0.2) is 37.2 Å². The van der Waals surface area contributed by atoms with Crippen molar-refractivity contribution in [3.63, 3.8) is 0 Å². The average Bonchev–Trinajstić information content (AvgIpc) is 2.83. The van der Waals surface area contributed by atoms with Crippen LogP contribution in [0.25, 0.3) is 0 Å². The number of methoxy groups -OCH3 is 1. The molecular formula is C23H24F2N2O7S2. The Balaban J connectivity index is 2.00. The monoisotopic (exact) mass is 542 g/mol. The summed E-state index contributed by atoms with van der Waals surface area (Å²) in [5, 5.41) is 0. The molecule has 0 saturated carbocycles. The first-order valence-electron chi connectivity index (χ1n) is 10.6. The van der Waals surface area contributed by atoms with Gasteiger partial charge in [-0.25, -0.2) is 25.6 Å². The molecule has 0 radical (unpaired) electrons. The summed E-state index contributed by atoms with van der Waals surface area (Å²) in [7, 11) is -7.82. The summed E-state index contributed by atoms with van der Waals surface area (Å²) < 4.78 is 101. The normalized spacial score (nSPS) is 11.6. The van der Waals surface area contributed by atoms with Gasteiger partial charge in [0.15, 0.2) is 0 Å². The third-order valence-corrected chi connectivity index (χ3v) is 7.47. The predicted molar refractivity (Wildman–Crippen MR) is 130 cm³/mol. The van der Waals surface area contributed by atoms with E-state index >= 15 is 0 Å². The molecule has 0 saturated heterocycles. The highest BCUT2D eigenvalue weighted by Crippen LogP contribution is 2.32. The van der Waals surface area contributed by atoms with E-state index < -0.39 is 52.8 Å². The third kappa shape index (κ3) is 6.15. The average molecular weight is 543 g/mol. The fourth-order valence-electron chi connectivity index (χ4n) is 3.12. The molecule has 0 aliphatic heterocycles. The molecule has 0 bridgehead atoms. The van der Waals surface area contributed by atoms with Gasteiger partial charge in [0.1, 0.15) is 33.8 Å². The second-order valence-corrected chi connectivity index (χ2v) is 10.5. The van der Waals surface area contributed by atoms with E-state index in [-0.39, 0.29) is 30.5 Å². The number of sulfonamides is 2. The highest BCUT2D eigenvalue weighted by molar-refractivity contribution is 7.93. The van der Waals surface area contributed by atoms with Crippen LogP contribution in [-0.2, 0) is 20.0 Å². The van der Waals surface area contributed by atoms with Gasteiger partial charge in [0.05, 0.1) is 36.6 Å². The molecule has 36 heavy (non-hydrogen) atoms. The van der Waals surface area contributed by atoms with Gasteiger partial charge in [-0.1, -0.05) is 0 Å². The Labute approximate surface area is 208 Å². The SMILES string of the molecule is CCOc1ccc(F)c(NS(=O)(=O)c2ccc(OC)c(S(=O)(=O)Nc3cc(OCC)ccc3F)c2)c1. The van der Waals surface area contributed by atoms with Crippen molar-refractivity contribution in [1.29, 1.82) is 0 Å². The molecule has 0 unspecified atom stereocenters. The third-order valence-electron chi connectivity index (χ3n) is 4.72. The number of nitrogens with one attached hydrogen (secondary N) is 2. The van der Waals surface area contributed by atoms with Crippen molar-refractivity contribution in [2.75, 3.05) is 29.8 Å². The van der Waals surface area contributed by atoms with E-state index in [9.17, 15) is 25.6 Å². The smallest absolute Gasteiger partial charge is 0.265 e. The Bertz CT molecular complexity index is 1460. The zero-order valence-corrected chi connectivity index (χ0v) is 21.2. The van der Waals surface area contributed by atoms with Crippen molar-refractivity contribution in [3.8, 4) is 17.2 Å². The number of rotatable bonds is 11. The maximum atomic E-state index is 14.3. The molecule has 0 aliphatic carbocycles. The molecule has 3 aromatic carbocycles. The lowest BCUT2D eigenvalue weighted by molar-refractivity contribution is 0.339. The Hall–Kier alpha value is -3.58. The summed E-state index contributed by atoms with van der Waals surface area (Å²) >= 11 is 0. The van der Waals surface area contributed by atoms with Gasteiger partial charge in [0.25, 0.3) is 20.0 Å². The summed E-state index contributed by atoms with van der Waals surface area (Å²) in [4.78, 5) is -1.09. The van der Waals surface area contributed by atoms with E-state index in [1.54, 1.807) is 13.8 Å². The highest BCUT2D eigenvalue weighted by atomic mass is 32.2. The van der Waals surface area contributed by atoms with Gasteiger partial charge < -0.3 is 14.2 Å². The summed E-state index contributed by atoms with van der Waals surface area (Å²) in [5.74, 6) is -1.49. The van der Waals surface area contributed by atoms with E-state index in [4.69, 9.17) is 14.2 Å². The van der Waals surface area contributed by atoms with E-state index in [2.05, 4.69) is 9.44 Å². The van der Waals surface area contributed by atoms with Gasteiger partial charge in [-0.15, -0.1) is 0 Å². The molecule has 0 aliphatic rings. The Kier molecular flexibility index (Phi) is 8.25. The Morgan fingerprint density at radius 1 is 0.722 bits per heavy atom. The Morgan fingerprint density at radius 3 is 1.69 bits per heavy atom. The van der Waals surface area contributed by atoms with Crippen LogP contribution < -0.4 is 23.7 Å². The molecule has 0 heterocycles. The minimum atomic E-state index is -4.55. The van der Waals surface area contributed by atoms with E-state index in [1.807, 2.05) is 0 Å². The van der Waals surface area contributed by atoms with Crippen LogP contribution in [0.5, 0.6) is 17.2 Å². The number of benzene rings is 3. The van der Waals surface area contributed by atoms with Gasteiger partial charge >= 0.3 is 0 Å². The molecule has 9 nitrogen and oxygen atoms in total. The Morgan fingerprint density at radius 2 is 1.22 bits per heavy atom. The first-order chi connectivity index (χ1) is 17.0. The van der Waals surface area contributed by atoms with Crippen LogP contribution in [0.2, 0.25) is 0 Å². The quantitative estimate of drug-likeness (QED) is 0.369. The van der Waals surface area contributed by atoms with Crippen LogP contribution in [0.3, 0.4) is 0 Å². The van der Waals surface area contributed by atoms with Crippen LogP contribution in [0.4, 0.5) is 20.2 Å². The van der Waals surface area contributed by atoms with Gasteiger partial charge in [0.2, 0.25) is 0 Å².